The molecule has 1 aromatic heterocycles. The molecule has 6 heteroatoms. The first-order valence-corrected chi connectivity index (χ1v) is 6.93. The lowest BCUT2D eigenvalue weighted by Crippen LogP contribution is -2.15. The Labute approximate surface area is 125 Å². The second-order valence-corrected chi connectivity index (χ2v) is 4.97. The van der Waals surface area contributed by atoms with Gasteiger partial charge in [0.15, 0.2) is 13.2 Å². The van der Waals surface area contributed by atoms with Gasteiger partial charge < -0.3 is 13.9 Å². The Balaban J connectivity index is 1.82. The summed E-state index contributed by atoms with van der Waals surface area (Å²) in [5, 5.41) is 9.22. The summed E-state index contributed by atoms with van der Waals surface area (Å²) in [4.78, 5) is 23.2. The minimum atomic E-state index is -0.628. The van der Waals surface area contributed by atoms with Crippen LogP contribution >= 0.6 is 0 Å². The second kappa shape index (κ2) is 5.90. The van der Waals surface area contributed by atoms with Crippen LogP contribution in [0.1, 0.15) is 17.5 Å². The fourth-order valence-corrected chi connectivity index (χ4v) is 2.65. The molecule has 1 aliphatic rings. The summed E-state index contributed by atoms with van der Waals surface area (Å²) in [6, 6.07) is 6.85. The number of aryl methyl sites for hydroxylation is 1. The molecule has 0 bridgehead atoms. The zero-order valence-corrected chi connectivity index (χ0v) is 11.8. The smallest absolute Gasteiger partial charge is 0.345 e. The molecule has 3 rings (SSSR count). The van der Waals surface area contributed by atoms with Crippen molar-refractivity contribution in [2.24, 2.45) is 0 Å². The van der Waals surface area contributed by atoms with Crippen molar-refractivity contribution in [1.82, 2.24) is 0 Å². The van der Waals surface area contributed by atoms with Crippen LogP contribution in [-0.4, -0.2) is 19.2 Å². The molecular weight excluding hydrogens is 286 g/mol. The van der Waals surface area contributed by atoms with Crippen LogP contribution in [0, 0.1) is 11.3 Å². The predicted octanol–water partition coefficient (Wildman–Crippen LogP) is 1.73. The Morgan fingerprint density at radius 2 is 2.14 bits per heavy atom. The van der Waals surface area contributed by atoms with E-state index in [2.05, 4.69) is 4.74 Å². The summed E-state index contributed by atoms with van der Waals surface area (Å²) >= 11 is 0. The quantitative estimate of drug-likeness (QED) is 0.631. The second-order valence-electron chi connectivity index (χ2n) is 4.97. The summed E-state index contributed by atoms with van der Waals surface area (Å²) < 4.78 is 15.2. The number of hydrogen-bond acceptors (Lipinski definition) is 6. The SMILES string of the molecule is N#CCOC(=O)COc1ccc2c3c(c(=O)oc2c1)CCC3. The Hall–Kier alpha value is -2.81. The van der Waals surface area contributed by atoms with Crippen LogP contribution in [0.25, 0.3) is 11.0 Å². The summed E-state index contributed by atoms with van der Waals surface area (Å²) in [6.07, 6.45) is 2.59. The van der Waals surface area contributed by atoms with Crippen molar-refractivity contribution in [2.45, 2.75) is 19.3 Å². The predicted molar refractivity (Wildman–Crippen MR) is 76.6 cm³/mol. The van der Waals surface area contributed by atoms with E-state index in [9.17, 15) is 9.59 Å². The molecule has 1 heterocycles. The minimum absolute atomic E-state index is 0.300. The van der Waals surface area contributed by atoms with Gasteiger partial charge in [0.2, 0.25) is 0 Å². The number of rotatable bonds is 4. The average Bonchev–Trinajstić information content (AvgIpc) is 3.01. The molecule has 22 heavy (non-hydrogen) atoms. The highest BCUT2D eigenvalue weighted by atomic mass is 16.6. The lowest BCUT2D eigenvalue weighted by molar-refractivity contribution is -0.144. The van der Waals surface area contributed by atoms with Crippen LogP contribution in [0.5, 0.6) is 5.75 Å². The van der Waals surface area contributed by atoms with E-state index in [0.29, 0.717) is 11.3 Å². The van der Waals surface area contributed by atoms with E-state index in [-0.39, 0.29) is 18.8 Å². The molecule has 2 aromatic rings. The molecule has 0 spiro atoms. The number of ether oxygens (including phenoxy) is 2. The number of carbonyl (C=O) groups excluding carboxylic acids is 1. The van der Waals surface area contributed by atoms with Gasteiger partial charge in [0, 0.05) is 17.0 Å². The Morgan fingerprint density at radius 3 is 2.95 bits per heavy atom. The summed E-state index contributed by atoms with van der Waals surface area (Å²) in [5.74, 6) is -0.223. The van der Waals surface area contributed by atoms with Crippen molar-refractivity contribution in [3.8, 4) is 11.8 Å². The van der Waals surface area contributed by atoms with Gasteiger partial charge in [-0.25, -0.2) is 9.59 Å². The van der Waals surface area contributed by atoms with Crippen LogP contribution in [0.15, 0.2) is 27.4 Å². The van der Waals surface area contributed by atoms with Crippen molar-refractivity contribution >= 4 is 16.9 Å². The molecule has 0 atom stereocenters. The highest BCUT2D eigenvalue weighted by molar-refractivity contribution is 5.83. The largest absolute Gasteiger partial charge is 0.482 e. The first-order valence-electron chi connectivity index (χ1n) is 6.93. The topological polar surface area (TPSA) is 89.5 Å². The number of benzene rings is 1. The summed E-state index contributed by atoms with van der Waals surface area (Å²) in [5.41, 5.74) is 1.96. The van der Waals surface area contributed by atoms with Gasteiger partial charge in [0.25, 0.3) is 0 Å². The van der Waals surface area contributed by atoms with E-state index in [1.165, 1.54) is 0 Å². The van der Waals surface area contributed by atoms with Gasteiger partial charge >= 0.3 is 11.6 Å². The Morgan fingerprint density at radius 1 is 1.32 bits per heavy atom. The van der Waals surface area contributed by atoms with Gasteiger partial charge in [-0.05, 0) is 37.0 Å². The molecule has 1 aliphatic carbocycles. The number of carbonyl (C=O) groups is 1. The van der Waals surface area contributed by atoms with Crippen molar-refractivity contribution < 1.29 is 18.7 Å². The van der Waals surface area contributed by atoms with Crippen LogP contribution in [0.2, 0.25) is 0 Å². The van der Waals surface area contributed by atoms with E-state index in [4.69, 9.17) is 14.4 Å². The van der Waals surface area contributed by atoms with Crippen molar-refractivity contribution in [3.05, 3.63) is 39.7 Å². The molecule has 0 aliphatic heterocycles. The van der Waals surface area contributed by atoms with Gasteiger partial charge in [-0.15, -0.1) is 0 Å². The van der Waals surface area contributed by atoms with Gasteiger partial charge in [0.1, 0.15) is 17.4 Å². The van der Waals surface area contributed by atoms with Crippen LogP contribution < -0.4 is 10.4 Å². The number of fused-ring (bicyclic) bond motifs is 3. The molecule has 0 fully saturated rings. The third-order valence-corrected chi connectivity index (χ3v) is 3.60. The first kappa shape index (κ1) is 14.1. The third-order valence-electron chi connectivity index (χ3n) is 3.60. The van der Waals surface area contributed by atoms with E-state index in [0.717, 1.165) is 35.8 Å². The maximum absolute atomic E-state index is 11.9. The molecule has 6 nitrogen and oxygen atoms in total. The Kier molecular flexibility index (Phi) is 3.79. The van der Waals surface area contributed by atoms with Crippen molar-refractivity contribution in [3.63, 3.8) is 0 Å². The zero-order chi connectivity index (χ0) is 15.5. The zero-order valence-electron chi connectivity index (χ0n) is 11.8. The molecule has 0 radical (unpaired) electrons. The number of esters is 1. The first-order chi connectivity index (χ1) is 10.7. The lowest BCUT2D eigenvalue weighted by Gasteiger charge is -2.08. The van der Waals surface area contributed by atoms with Gasteiger partial charge in [-0.2, -0.15) is 5.26 Å². The minimum Gasteiger partial charge on any atom is -0.482 e. The molecule has 0 N–H and O–H groups in total. The van der Waals surface area contributed by atoms with E-state index in [1.54, 1.807) is 18.2 Å². The molecule has 0 amide bonds. The molecule has 0 unspecified atom stereocenters. The van der Waals surface area contributed by atoms with E-state index >= 15 is 0 Å². The average molecular weight is 299 g/mol. The van der Waals surface area contributed by atoms with Crippen LogP contribution in [-0.2, 0) is 22.4 Å². The highest BCUT2D eigenvalue weighted by Gasteiger charge is 2.19. The maximum atomic E-state index is 11.9. The molecular formula is C16H13NO5. The van der Waals surface area contributed by atoms with E-state index < -0.39 is 5.97 Å². The third kappa shape index (κ3) is 2.66. The summed E-state index contributed by atoms with van der Waals surface area (Å²) in [7, 11) is 0. The molecule has 0 saturated carbocycles. The van der Waals surface area contributed by atoms with Crippen LogP contribution in [0.4, 0.5) is 0 Å². The van der Waals surface area contributed by atoms with Gasteiger partial charge in [-0.3, -0.25) is 0 Å². The molecule has 112 valence electrons. The monoisotopic (exact) mass is 299 g/mol. The summed E-state index contributed by atoms with van der Waals surface area (Å²) in [6.45, 7) is -0.608. The highest BCUT2D eigenvalue weighted by Crippen LogP contribution is 2.29. The molecule has 1 aromatic carbocycles. The van der Waals surface area contributed by atoms with Crippen molar-refractivity contribution in [2.75, 3.05) is 13.2 Å². The maximum Gasteiger partial charge on any atom is 0.345 e. The van der Waals surface area contributed by atoms with Crippen molar-refractivity contribution in [1.29, 1.82) is 5.26 Å². The van der Waals surface area contributed by atoms with Gasteiger partial charge in [0.05, 0.1) is 0 Å². The normalized spacial score (nSPS) is 12.7. The number of nitriles is 1. The fraction of sp³-hybridized carbons (Fsp3) is 0.312. The Bertz CT molecular complexity index is 831. The lowest BCUT2D eigenvalue weighted by atomic mass is 10.1. The number of nitrogens with zero attached hydrogens (tertiary/aromatic N) is 1. The van der Waals surface area contributed by atoms with Gasteiger partial charge in [-0.1, -0.05) is 0 Å². The molecule has 0 saturated heterocycles. The van der Waals surface area contributed by atoms with E-state index in [1.807, 2.05) is 6.07 Å². The number of hydrogen-bond donors (Lipinski definition) is 0. The fourth-order valence-electron chi connectivity index (χ4n) is 2.65. The van der Waals surface area contributed by atoms with Crippen LogP contribution in [0.3, 0.4) is 0 Å². The standard InChI is InChI=1S/C16H13NO5/c17-6-7-20-15(18)9-21-10-4-5-12-11-2-1-3-13(11)16(19)22-14(12)8-10/h4-5,8H,1-3,7,9H2.